The number of aliphatic hydroxyl groups excluding tert-OH is 1. The molecule has 0 amide bonds. The van der Waals surface area contributed by atoms with Gasteiger partial charge in [0.25, 0.3) is 0 Å². The first-order chi connectivity index (χ1) is 11.1. The van der Waals surface area contributed by atoms with E-state index in [2.05, 4.69) is 23.6 Å². The fraction of sp³-hybridized carbons (Fsp3) is 0.500. The van der Waals surface area contributed by atoms with Crippen LogP contribution < -0.4 is 0 Å². The number of halogens is 1. The Morgan fingerprint density at radius 1 is 1.48 bits per heavy atom. The van der Waals surface area contributed by atoms with Gasteiger partial charge in [-0.3, -0.25) is 4.90 Å². The van der Waals surface area contributed by atoms with Gasteiger partial charge in [0, 0.05) is 24.5 Å². The van der Waals surface area contributed by atoms with Gasteiger partial charge in [0.05, 0.1) is 11.8 Å². The third-order valence-electron chi connectivity index (χ3n) is 3.99. The SMILES string of the molecule is C=CCC[C@H](O)CN(CC)C[C@H]1CC(c2ccc(Cl)cc2)=NO1. The predicted octanol–water partition coefficient (Wildman–Crippen LogP) is 3.48. The maximum atomic E-state index is 10.0. The van der Waals surface area contributed by atoms with Gasteiger partial charge in [-0.25, -0.2) is 0 Å². The van der Waals surface area contributed by atoms with Crippen LogP contribution in [-0.4, -0.2) is 47.6 Å². The second kappa shape index (κ2) is 9.06. The molecule has 0 spiro atoms. The number of aliphatic hydroxyl groups is 1. The zero-order chi connectivity index (χ0) is 16.7. The topological polar surface area (TPSA) is 45.1 Å². The van der Waals surface area contributed by atoms with Crippen LogP contribution in [0, 0.1) is 0 Å². The fourth-order valence-corrected chi connectivity index (χ4v) is 2.79. The quantitative estimate of drug-likeness (QED) is 0.702. The summed E-state index contributed by atoms with van der Waals surface area (Å²) in [6.07, 6.45) is 3.91. The summed E-state index contributed by atoms with van der Waals surface area (Å²) in [5.74, 6) is 0. The third kappa shape index (κ3) is 5.65. The third-order valence-corrected chi connectivity index (χ3v) is 4.24. The molecule has 0 unspecified atom stereocenters. The Hall–Kier alpha value is -1.36. The lowest BCUT2D eigenvalue weighted by Gasteiger charge is -2.25. The van der Waals surface area contributed by atoms with Crippen LogP contribution >= 0.6 is 11.6 Å². The van der Waals surface area contributed by atoms with E-state index in [0.29, 0.717) is 6.54 Å². The van der Waals surface area contributed by atoms with Crippen molar-refractivity contribution in [2.24, 2.45) is 5.16 Å². The van der Waals surface area contributed by atoms with Crippen LogP contribution in [0.1, 0.15) is 31.7 Å². The van der Waals surface area contributed by atoms with E-state index in [1.165, 1.54) is 0 Å². The molecule has 0 radical (unpaired) electrons. The molecule has 0 fully saturated rings. The molecule has 0 saturated heterocycles. The summed E-state index contributed by atoms with van der Waals surface area (Å²) >= 11 is 5.91. The van der Waals surface area contributed by atoms with Crippen LogP contribution in [0.15, 0.2) is 42.1 Å². The van der Waals surface area contributed by atoms with Crippen molar-refractivity contribution in [3.63, 3.8) is 0 Å². The monoisotopic (exact) mass is 336 g/mol. The zero-order valence-corrected chi connectivity index (χ0v) is 14.4. The number of hydrogen-bond donors (Lipinski definition) is 1. The molecule has 0 saturated carbocycles. The van der Waals surface area contributed by atoms with E-state index in [4.69, 9.17) is 16.4 Å². The lowest BCUT2D eigenvalue weighted by atomic mass is 10.0. The van der Waals surface area contributed by atoms with E-state index >= 15 is 0 Å². The maximum absolute atomic E-state index is 10.0. The molecule has 4 nitrogen and oxygen atoms in total. The minimum atomic E-state index is -0.328. The molecule has 1 heterocycles. The van der Waals surface area contributed by atoms with Gasteiger partial charge in [-0.2, -0.15) is 0 Å². The van der Waals surface area contributed by atoms with Crippen molar-refractivity contribution < 1.29 is 9.94 Å². The van der Waals surface area contributed by atoms with Gasteiger partial charge in [-0.05, 0) is 37.1 Å². The van der Waals surface area contributed by atoms with Crippen molar-refractivity contribution in [2.75, 3.05) is 19.6 Å². The summed E-state index contributed by atoms with van der Waals surface area (Å²) in [6, 6.07) is 7.65. The number of nitrogens with zero attached hydrogens (tertiary/aromatic N) is 2. The molecule has 2 rings (SSSR count). The first-order valence-electron chi connectivity index (χ1n) is 8.12. The van der Waals surface area contributed by atoms with Gasteiger partial charge in [-0.15, -0.1) is 6.58 Å². The van der Waals surface area contributed by atoms with Crippen molar-refractivity contribution in [3.8, 4) is 0 Å². The highest BCUT2D eigenvalue weighted by Crippen LogP contribution is 2.19. The molecule has 5 heteroatoms. The number of likely N-dealkylation sites (N-methyl/N-ethyl adjacent to an activating group) is 1. The molecule has 0 aliphatic carbocycles. The Morgan fingerprint density at radius 3 is 2.87 bits per heavy atom. The second-order valence-corrected chi connectivity index (χ2v) is 6.28. The molecule has 0 bridgehead atoms. The van der Waals surface area contributed by atoms with Crippen molar-refractivity contribution in [2.45, 2.75) is 38.4 Å². The number of benzene rings is 1. The summed E-state index contributed by atoms with van der Waals surface area (Å²) < 4.78 is 0. The Bertz CT molecular complexity index is 530. The van der Waals surface area contributed by atoms with Crippen LogP contribution in [0.3, 0.4) is 0 Å². The van der Waals surface area contributed by atoms with Gasteiger partial charge in [0.15, 0.2) is 0 Å². The molecule has 1 N–H and O–H groups in total. The molecular weight excluding hydrogens is 312 g/mol. The standard InChI is InChI=1S/C18H25ClN2O2/c1-3-5-6-16(22)12-21(4-2)13-17-11-18(20-23-17)14-7-9-15(19)10-8-14/h3,7-10,16-17,22H,1,4-6,11-13H2,2H3/t16-,17+/m0/s1. The van der Waals surface area contributed by atoms with Crippen molar-refractivity contribution >= 4 is 17.3 Å². The highest BCUT2D eigenvalue weighted by molar-refractivity contribution is 6.30. The number of oxime groups is 1. The molecule has 1 aliphatic rings. The van der Waals surface area contributed by atoms with E-state index in [-0.39, 0.29) is 12.2 Å². The van der Waals surface area contributed by atoms with E-state index < -0.39 is 0 Å². The minimum Gasteiger partial charge on any atom is -0.392 e. The van der Waals surface area contributed by atoms with Crippen molar-refractivity contribution in [3.05, 3.63) is 47.5 Å². The van der Waals surface area contributed by atoms with Crippen LogP contribution in [0.5, 0.6) is 0 Å². The number of allylic oxidation sites excluding steroid dienone is 1. The Balaban J connectivity index is 1.82. The Morgan fingerprint density at radius 2 is 2.22 bits per heavy atom. The van der Waals surface area contributed by atoms with Crippen LogP contribution in [0.4, 0.5) is 0 Å². The fourth-order valence-electron chi connectivity index (χ4n) is 2.66. The number of rotatable bonds is 9. The van der Waals surface area contributed by atoms with Gasteiger partial charge in [-0.1, -0.05) is 41.9 Å². The van der Waals surface area contributed by atoms with Gasteiger partial charge >= 0.3 is 0 Å². The summed E-state index contributed by atoms with van der Waals surface area (Å²) in [4.78, 5) is 7.77. The average Bonchev–Trinajstić information content (AvgIpc) is 3.01. The zero-order valence-electron chi connectivity index (χ0n) is 13.6. The van der Waals surface area contributed by atoms with Gasteiger partial charge in [0.1, 0.15) is 6.10 Å². The second-order valence-electron chi connectivity index (χ2n) is 5.85. The molecule has 1 aromatic rings. The smallest absolute Gasteiger partial charge is 0.145 e. The highest BCUT2D eigenvalue weighted by atomic mass is 35.5. The Labute approximate surface area is 143 Å². The lowest BCUT2D eigenvalue weighted by Crippen LogP contribution is -2.38. The molecule has 1 aliphatic heterocycles. The normalized spacial score (nSPS) is 18.6. The predicted molar refractivity (Wildman–Crippen MR) is 95.0 cm³/mol. The maximum Gasteiger partial charge on any atom is 0.145 e. The first-order valence-corrected chi connectivity index (χ1v) is 8.50. The summed E-state index contributed by atoms with van der Waals surface area (Å²) in [7, 11) is 0. The van der Waals surface area contributed by atoms with E-state index in [1.54, 1.807) is 0 Å². The Kier molecular flexibility index (Phi) is 7.09. The van der Waals surface area contributed by atoms with Crippen LogP contribution in [0.25, 0.3) is 0 Å². The van der Waals surface area contributed by atoms with Gasteiger partial charge < -0.3 is 9.94 Å². The molecular formula is C18H25ClN2O2. The van der Waals surface area contributed by atoms with Crippen molar-refractivity contribution in [1.82, 2.24) is 4.90 Å². The first kappa shape index (κ1) is 18.0. The van der Waals surface area contributed by atoms with Crippen LogP contribution in [-0.2, 0) is 4.84 Å². The molecule has 23 heavy (non-hydrogen) atoms. The van der Waals surface area contributed by atoms with Gasteiger partial charge in [0.2, 0.25) is 0 Å². The van der Waals surface area contributed by atoms with E-state index in [0.717, 1.165) is 48.6 Å². The van der Waals surface area contributed by atoms with Crippen molar-refractivity contribution in [1.29, 1.82) is 0 Å². The van der Waals surface area contributed by atoms with Crippen LogP contribution in [0.2, 0.25) is 5.02 Å². The lowest BCUT2D eigenvalue weighted by molar-refractivity contribution is 0.0356. The highest BCUT2D eigenvalue weighted by Gasteiger charge is 2.24. The summed E-state index contributed by atoms with van der Waals surface area (Å²) in [5.41, 5.74) is 2.00. The van der Waals surface area contributed by atoms with E-state index in [1.807, 2.05) is 30.3 Å². The number of hydrogen-bond acceptors (Lipinski definition) is 4. The molecule has 1 aromatic carbocycles. The summed E-state index contributed by atoms with van der Waals surface area (Å²) in [5, 5.41) is 15.0. The largest absolute Gasteiger partial charge is 0.392 e. The van der Waals surface area contributed by atoms with E-state index in [9.17, 15) is 5.11 Å². The summed E-state index contributed by atoms with van der Waals surface area (Å²) in [6.45, 7) is 8.08. The molecule has 2 atom stereocenters. The molecule has 0 aromatic heterocycles. The molecule has 126 valence electrons. The average molecular weight is 337 g/mol. The minimum absolute atomic E-state index is 0.0345.